The number of nitrogens with zero attached hydrogens (tertiary/aromatic N) is 3. The molecule has 0 aromatic carbocycles. The maximum absolute atomic E-state index is 11.8. The molecule has 0 saturated carbocycles. The van der Waals surface area contributed by atoms with Crippen LogP contribution in [0.25, 0.3) is 11.2 Å². The molecule has 0 aliphatic carbocycles. The zero-order valence-corrected chi connectivity index (χ0v) is 14.6. The number of hydrogen-bond donors (Lipinski definition) is 1. The van der Waals surface area contributed by atoms with E-state index < -0.39 is 0 Å². The first kappa shape index (κ1) is 18.9. The average Bonchev–Trinajstić information content (AvgIpc) is 3.05. The molecule has 1 unspecified atom stereocenters. The summed E-state index contributed by atoms with van der Waals surface area (Å²) in [4.78, 5) is 22.6. The van der Waals surface area contributed by atoms with Gasteiger partial charge in [0.2, 0.25) is 0 Å². The Hall–Kier alpha value is -1.85. The van der Waals surface area contributed by atoms with Crippen molar-refractivity contribution in [2.75, 3.05) is 59.5 Å². The first-order valence-corrected chi connectivity index (χ1v) is 8.65. The molecule has 144 valence electrons. The first-order chi connectivity index (χ1) is 12.8. The Morgan fingerprint density at radius 1 is 0.962 bits per heavy atom. The third-order valence-electron chi connectivity index (χ3n) is 3.81. The van der Waals surface area contributed by atoms with Crippen LogP contribution in [-0.2, 0) is 30.2 Å². The molecule has 0 spiro atoms. The quantitative estimate of drug-likeness (QED) is 0.761. The van der Waals surface area contributed by atoms with Crippen molar-refractivity contribution >= 4 is 11.2 Å². The lowest BCUT2D eigenvalue weighted by molar-refractivity contribution is -0.0512. The van der Waals surface area contributed by atoms with Gasteiger partial charge in [-0.1, -0.05) is 0 Å². The van der Waals surface area contributed by atoms with E-state index in [0.717, 1.165) is 0 Å². The molecule has 10 heteroatoms. The molecule has 0 bridgehead atoms. The molecule has 3 rings (SSSR count). The van der Waals surface area contributed by atoms with Crippen LogP contribution >= 0.6 is 0 Å². The molecule has 1 fully saturated rings. The fourth-order valence-corrected chi connectivity index (χ4v) is 2.55. The summed E-state index contributed by atoms with van der Waals surface area (Å²) in [6.45, 7) is 4.86. The standard InChI is InChI=1S/C16H24N4O6/c21-16-14-15(17-11-18-16)20(12-19-14)9-13-10-25-6-5-23-2-1-22-3-4-24-7-8-26-13/h11-13H,1-10H2,(H,17,18,21). The highest BCUT2D eigenvalue weighted by atomic mass is 16.6. The molecular formula is C16H24N4O6. The minimum absolute atomic E-state index is 0.224. The van der Waals surface area contributed by atoms with Gasteiger partial charge in [-0.05, 0) is 0 Å². The number of nitrogens with one attached hydrogen (secondary N) is 1. The van der Waals surface area contributed by atoms with E-state index in [9.17, 15) is 4.79 Å². The number of fused-ring (bicyclic) bond motifs is 1. The summed E-state index contributed by atoms with van der Waals surface area (Å²) in [6, 6.07) is 0. The van der Waals surface area contributed by atoms with Gasteiger partial charge in [-0.15, -0.1) is 0 Å². The number of H-pyrrole nitrogens is 1. The monoisotopic (exact) mass is 368 g/mol. The van der Waals surface area contributed by atoms with Crippen LogP contribution in [0.4, 0.5) is 0 Å². The Morgan fingerprint density at radius 2 is 1.62 bits per heavy atom. The summed E-state index contributed by atoms with van der Waals surface area (Å²) in [5, 5.41) is 0. The zero-order valence-electron chi connectivity index (χ0n) is 14.6. The Bertz CT molecular complexity index is 702. The lowest BCUT2D eigenvalue weighted by atomic mass is 10.3. The second-order valence-corrected chi connectivity index (χ2v) is 5.71. The summed E-state index contributed by atoms with van der Waals surface area (Å²) < 4.78 is 29.6. The third kappa shape index (κ3) is 5.58. The predicted molar refractivity (Wildman–Crippen MR) is 91.2 cm³/mol. The molecule has 0 amide bonds. The highest BCUT2D eigenvalue weighted by Gasteiger charge is 2.15. The number of aromatic nitrogens is 4. The molecule has 1 N–H and O–H groups in total. The van der Waals surface area contributed by atoms with E-state index in [2.05, 4.69) is 15.0 Å². The Labute approximate surface area is 150 Å². The molecular weight excluding hydrogens is 344 g/mol. The van der Waals surface area contributed by atoms with Gasteiger partial charge < -0.3 is 33.2 Å². The highest BCUT2D eigenvalue weighted by Crippen LogP contribution is 2.07. The predicted octanol–water partition coefficient (Wildman–Crippen LogP) is -0.415. The van der Waals surface area contributed by atoms with Gasteiger partial charge in [-0.25, -0.2) is 9.97 Å². The molecule has 26 heavy (non-hydrogen) atoms. The van der Waals surface area contributed by atoms with Crippen molar-refractivity contribution in [3.63, 3.8) is 0 Å². The minimum Gasteiger partial charge on any atom is -0.377 e. The van der Waals surface area contributed by atoms with Gasteiger partial charge in [0.1, 0.15) is 0 Å². The van der Waals surface area contributed by atoms with Gasteiger partial charge in [-0.3, -0.25) is 4.79 Å². The minimum atomic E-state index is -0.263. The van der Waals surface area contributed by atoms with Crippen molar-refractivity contribution < 1.29 is 23.7 Å². The highest BCUT2D eigenvalue weighted by molar-refractivity contribution is 5.68. The van der Waals surface area contributed by atoms with Gasteiger partial charge >= 0.3 is 0 Å². The topological polar surface area (TPSA) is 110 Å². The normalized spacial score (nSPS) is 21.9. The van der Waals surface area contributed by atoms with Gasteiger partial charge in [0.05, 0.1) is 84.8 Å². The summed E-state index contributed by atoms with van der Waals surface area (Å²) in [7, 11) is 0. The van der Waals surface area contributed by atoms with Crippen molar-refractivity contribution in [2.24, 2.45) is 0 Å². The largest absolute Gasteiger partial charge is 0.377 e. The smallest absolute Gasteiger partial charge is 0.278 e. The van der Waals surface area contributed by atoms with E-state index in [4.69, 9.17) is 23.7 Å². The van der Waals surface area contributed by atoms with E-state index in [1.807, 2.05) is 0 Å². The summed E-state index contributed by atoms with van der Waals surface area (Å²) >= 11 is 0. The molecule has 3 heterocycles. The third-order valence-corrected chi connectivity index (χ3v) is 3.81. The molecule has 0 radical (unpaired) electrons. The number of aromatic amines is 1. The zero-order chi connectivity index (χ0) is 18.0. The number of ether oxygens (including phenoxy) is 5. The molecule has 2 aromatic heterocycles. The SMILES string of the molecule is O=c1[nH]cnc2c1ncn2CC1COCCOCCOCCOCCO1. The van der Waals surface area contributed by atoms with Gasteiger partial charge in [-0.2, -0.15) is 0 Å². The summed E-state index contributed by atoms with van der Waals surface area (Å²) in [6.07, 6.45) is 2.73. The lowest BCUT2D eigenvalue weighted by Gasteiger charge is -2.19. The molecule has 1 atom stereocenters. The Kier molecular flexibility index (Phi) is 7.52. The van der Waals surface area contributed by atoms with Gasteiger partial charge in [0, 0.05) is 0 Å². The molecule has 1 saturated heterocycles. The van der Waals surface area contributed by atoms with E-state index in [0.29, 0.717) is 77.2 Å². The van der Waals surface area contributed by atoms with Crippen LogP contribution < -0.4 is 5.56 Å². The van der Waals surface area contributed by atoms with Crippen molar-refractivity contribution in [2.45, 2.75) is 12.6 Å². The fourth-order valence-electron chi connectivity index (χ4n) is 2.55. The van der Waals surface area contributed by atoms with Crippen LogP contribution in [0, 0.1) is 0 Å². The fraction of sp³-hybridized carbons (Fsp3) is 0.688. The van der Waals surface area contributed by atoms with Crippen molar-refractivity contribution in [3.8, 4) is 0 Å². The van der Waals surface area contributed by atoms with Crippen molar-refractivity contribution in [1.29, 1.82) is 0 Å². The maximum atomic E-state index is 11.8. The molecule has 10 nitrogen and oxygen atoms in total. The van der Waals surface area contributed by atoms with Gasteiger partial charge in [0.15, 0.2) is 11.2 Å². The number of rotatable bonds is 2. The summed E-state index contributed by atoms with van der Waals surface area (Å²) in [5.41, 5.74) is 0.563. The van der Waals surface area contributed by atoms with Gasteiger partial charge in [0.25, 0.3) is 5.56 Å². The number of imidazole rings is 1. The van der Waals surface area contributed by atoms with Crippen LogP contribution in [0.15, 0.2) is 17.4 Å². The van der Waals surface area contributed by atoms with Crippen LogP contribution in [0.1, 0.15) is 0 Å². The molecule has 1 aliphatic heterocycles. The maximum Gasteiger partial charge on any atom is 0.278 e. The second-order valence-electron chi connectivity index (χ2n) is 5.71. The second kappa shape index (κ2) is 10.3. The lowest BCUT2D eigenvalue weighted by Crippen LogP contribution is -2.28. The van der Waals surface area contributed by atoms with E-state index >= 15 is 0 Å². The van der Waals surface area contributed by atoms with Crippen LogP contribution in [0.3, 0.4) is 0 Å². The van der Waals surface area contributed by atoms with Crippen molar-refractivity contribution in [1.82, 2.24) is 19.5 Å². The Balaban J connectivity index is 1.60. The van der Waals surface area contributed by atoms with Crippen LogP contribution in [-0.4, -0.2) is 85.1 Å². The average molecular weight is 368 g/mol. The first-order valence-electron chi connectivity index (χ1n) is 8.65. The molecule has 2 aromatic rings. The Morgan fingerprint density at radius 3 is 2.35 bits per heavy atom. The van der Waals surface area contributed by atoms with Crippen LogP contribution in [0.5, 0.6) is 0 Å². The number of hydrogen-bond acceptors (Lipinski definition) is 8. The summed E-state index contributed by atoms with van der Waals surface area (Å²) in [5.74, 6) is 0. The van der Waals surface area contributed by atoms with E-state index in [1.165, 1.54) is 6.33 Å². The van der Waals surface area contributed by atoms with E-state index in [-0.39, 0.29) is 11.7 Å². The van der Waals surface area contributed by atoms with Crippen molar-refractivity contribution in [3.05, 3.63) is 23.0 Å². The van der Waals surface area contributed by atoms with E-state index in [1.54, 1.807) is 10.9 Å². The molecule has 1 aliphatic rings. The van der Waals surface area contributed by atoms with Crippen LogP contribution in [0.2, 0.25) is 0 Å².